The first-order valence-electron chi connectivity index (χ1n) is 5.38. The fourth-order valence-electron chi connectivity index (χ4n) is 1.24. The quantitative estimate of drug-likeness (QED) is 0.491. The van der Waals surface area contributed by atoms with Crippen LogP contribution in [0.5, 0.6) is 5.75 Å². The van der Waals surface area contributed by atoms with E-state index < -0.39 is 17.5 Å². The molecule has 1 aromatic carbocycles. The molecule has 0 aliphatic carbocycles. The summed E-state index contributed by atoms with van der Waals surface area (Å²) in [6, 6.07) is 3.01. The predicted octanol–water partition coefficient (Wildman–Crippen LogP) is 1.62. The monoisotopic (exact) mass is 262 g/mol. The van der Waals surface area contributed by atoms with Gasteiger partial charge in [-0.15, -0.1) is 6.42 Å². The Morgan fingerprint density at radius 1 is 1.37 bits per heavy atom. The number of terminal acetylenes is 1. The summed E-state index contributed by atoms with van der Waals surface area (Å²) in [5.74, 6) is 0.878. The summed E-state index contributed by atoms with van der Waals surface area (Å²) in [4.78, 5) is 22.3. The Morgan fingerprint density at radius 2 is 2.00 bits per heavy atom. The highest BCUT2D eigenvalue weighted by Crippen LogP contribution is 2.24. The number of carbonyl (C=O) groups is 2. The van der Waals surface area contributed by atoms with Crippen LogP contribution in [0, 0.1) is 12.3 Å². The van der Waals surface area contributed by atoms with Gasteiger partial charge < -0.3 is 20.8 Å². The minimum Gasteiger partial charge on any atom is -0.506 e. The van der Waals surface area contributed by atoms with Gasteiger partial charge in [0.25, 0.3) is 0 Å². The van der Waals surface area contributed by atoms with Gasteiger partial charge in [-0.2, -0.15) is 0 Å². The molecule has 0 aromatic heterocycles. The maximum absolute atomic E-state index is 11.6. The number of phenols is 1. The van der Waals surface area contributed by atoms with Gasteiger partial charge in [0.1, 0.15) is 5.75 Å². The lowest BCUT2D eigenvalue weighted by molar-refractivity contribution is 0.0696. The van der Waals surface area contributed by atoms with Crippen LogP contribution >= 0.6 is 0 Å². The van der Waals surface area contributed by atoms with E-state index >= 15 is 0 Å². The van der Waals surface area contributed by atoms with Crippen LogP contribution < -0.4 is 10.6 Å². The standard InChI is InChI=1S/C13H14N2O4/c1-4-13(2,3)15-12(19)14-9-6-5-8(11(17)18)7-10(9)16/h1,5-7,16H,2-3H3,(H,17,18)(H2,14,15,19). The molecule has 0 spiro atoms. The average molecular weight is 262 g/mol. The minimum atomic E-state index is -1.17. The van der Waals surface area contributed by atoms with E-state index in [0.29, 0.717) is 0 Å². The van der Waals surface area contributed by atoms with Gasteiger partial charge >= 0.3 is 12.0 Å². The summed E-state index contributed by atoms with van der Waals surface area (Å²) < 4.78 is 0. The number of hydrogen-bond donors (Lipinski definition) is 4. The molecule has 6 heteroatoms. The van der Waals surface area contributed by atoms with E-state index in [2.05, 4.69) is 16.6 Å². The van der Waals surface area contributed by atoms with Gasteiger partial charge in [-0.3, -0.25) is 0 Å². The van der Waals surface area contributed by atoms with Crippen LogP contribution in [-0.4, -0.2) is 27.8 Å². The molecule has 0 saturated carbocycles. The fraction of sp³-hybridized carbons (Fsp3) is 0.231. The second kappa shape index (κ2) is 5.31. The topological polar surface area (TPSA) is 98.7 Å². The highest BCUT2D eigenvalue weighted by molar-refractivity contribution is 5.94. The van der Waals surface area contributed by atoms with E-state index in [1.165, 1.54) is 12.1 Å². The van der Waals surface area contributed by atoms with Gasteiger partial charge in [-0.25, -0.2) is 9.59 Å². The third-order valence-corrected chi connectivity index (χ3v) is 2.28. The van der Waals surface area contributed by atoms with Crippen molar-refractivity contribution in [2.75, 3.05) is 5.32 Å². The van der Waals surface area contributed by atoms with Crippen molar-refractivity contribution in [1.82, 2.24) is 5.32 Å². The second-order valence-electron chi connectivity index (χ2n) is 4.39. The fourth-order valence-corrected chi connectivity index (χ4v) is 1.24. The molecular weight excluding hydrogens is 248 g/mol. The molecule has 0 aliphatic heterocycles. The first kappa shape index (κ1) is 14.4. The number of phenolic OH excluding ortho intramolecular Hbond substituents is 1. The number of amides is 2. The van der Waals surface area contributed by atoms with Gasteiger partial charge in [0.15, 0.2) is 0 Å². The zero-order chi connectivity index (χ0) is 14.6. The Balaban J connectivity index is 2.81. The summed E-state index contributed by atoms with van der Waals surface area (Å²) >= 11 is 0. The molecule has 0 heterocycles. The van der Waals surface area contributed by atoms with Crippen LogP contribution in [0.25, 0.3) is 0 Å². The number of aromatic hydroxyl groups is 1. The first-order chi connectivity index (χ1) is 8.75. The van der Waals surface area contributed by atoms with Crippen LogP contribution in [0.2, 0.25) is 0 Å². The van der Waals surface area contributed by atoms with E-state index in [-0.39, 0.29) is 17.0 Å². The number of hydrogen-bond acceptors (Lipinski definition) is 3. The highest BCUT2D eigenvalue weighted by atomic mass is 16.4. The number of urea groups is 1. The van der Waals surface area contributed by atoms with E-state index in [1.807, 2.05) is 0 Å². The summed E-state index contributed by atoms with van der Waals surface area (Å²) in [7, 11) is 0. The van der Waals surface area contributed by atoms with Crippen molar-refractivity contribution in [3.63, 3.8) is 0 Å². The molecule has 0 fully saturated rings. The van der Waals surface area contributed by atoms with Crippen molar-refractivity contribution in [3.05, 3.63) is 23.8 Å². The number of benzene rings is 1. The summed E-state index contributed by atoms with van der Waals surface area (Å²) in [6.07, 6.45) is 5.22. The Morgan fingerprint density at radius 3 is 2.47 bits per heavy atom. The summed E-state index contributed by atoms with van der Waals surface area (Å²) in [5.41, 5.74) is -0.816. The lowest BCUT2D eigenvalue weighted by Gasteiger charge is -2.20. The predicted molar refractivity (Wildman–Crippen MR) is 70.1 cm³/mol. The lowest BCUT2D eigenvalue weighted by Crippen LogP contribution is -2.44. The van der Waals surface area contributed by atoms with Gasteiger partial charge in [0.05, 0.1) is 16.8 Å². The maximum atomic E-state index is 11.6. The van der Waals surface area contributed by atoms with Crippen molar-refractivity contribution in [1.29, 1.82) is 0 Å². The number of rotatable bonds is 3. The van der Waals surface area contributed by atoms with Crippen LogP contribution in [-0.2, 0) is 0 Å². The zero-order valence-corrected chi connectivity index (χ0v) is 10.5. The average Bonchev–Trinajstić information content (AvgIpc) is 2.30. The molecule has 1 aromatic rings. The number of aromatic carboxylic acids is 1. The van der Waals surface area contributed by atoms with Gasteiger partial charge in [-0.1, -0.05) is 5.92 Å². The summed E-state index contributed by atoms with van der Waals surface area (Å²) in [6.45, 7) is 3.28. The molecule has 4 N–H and O–H groups in total. The van der Waals surface area contributed by atoms with Crippen molar-refractivity contribution < 1.29 is 19.8 Å². The molecule has 0 saturated heterocycles. The van der Waals surface area contributed by atoms with Gasteiger partial charge in [0.2, 0.25) is 0 Å². The maximum Gasteiger partial charge on any atom is 0.335 e. The normalized spacial score (nSPS) is 10.4. The van der Waals surface area contributed by atoms with E-state index in [0.717, 1.165) is 6.07 Å². The smallest absolute Gasteiger partial charge is 0.335 e. The Bertz CT molecular complexity index is 558. The number of carboxylic acid groups (broad SMARTS) is 1. The largest absolute Gasteiger partial charge is 0.506 e. The van der Waals surface area contributed by atoms with Crippen molar-refractivity contribution in [2.45, 2.75) is 19.4 Å². The molecule has 0 bridgehead atoms. The summed E-state index contributed by atoms with van der Waals surface area (Å²) in [5, 5.41) is 23.2. The molecule has 0 aliphatic rings. The number of carboxylic acids is 1. The SMILES string of the molecule is C#CC(C)(C)NC(=O)Nc1ccc(C(=O)O)cc1O. The number of carbonyl (C=O) groups excluding carboxylic acids is 1. The first-order valence-corrected chi connectivity index (χ1v) is 5.38. The molecule has 0 atom stereocenters. The molecule has 19 heavy (non-hydrogen) atoms. The zero-order valence-electron chi connectivity index (χ0n) is 10.5. The molecular formula is C13H14N2O4. The molecule has 2 amide bonds. The van der Waals surface area contributed by atoms with Crippen molar-refractivity contribution in [3.8, 4) is 18.1 Å². The second-order valence-corrected chi connectivity index (χ2v) is 4.39. The van der Waals surface area contributed by atoms with Gasteiger partial charge in [0, 0.05) is 0 Å². The van der Waals surface area contributed by atoms with E-state index in [9.17, 15) is 14.7 Å². The Kier molecular flexibility index (Phi) is 4.02. The lowest BCUT2D eigenvalue weighted by atomic mass is 10.1. The molecule has 0 radical (unpaired) electrons. The van der Waals surface area contributed by atoms with E-state index in [1.54, 1.807) is 13.8 Å². The van der Waals surface area contributed by atoms with Crippen LogP contribution in [0.1, 0.15) is 24.2 Å². The Hall–Kier alpha value is -2.68. The minimum absolute atomic E-state index is 0.0765. The van der Waals surface area contributed by atoms with Gasteiger partial charge in [-0.05, 0) is 32.0 Å². The highest BCUT2D eigenvalue weighted by Gasteiger charge is 2.18. The number of anilines is 1. The van der Waals surface area contributed by atoms with Crippen LogP contribution in [0.15, 0.2) is 18.2 Å². The molecule has 6 nitrogen and oxygen atoms in total. The number of nitrogens with one attached hydrogen (secondary N) is 2. The third kappa shape index (κ3) is 3.92. The van der Waals surface area contributed by atoms with Crippen LogP contribution in [0.4, 0.5) is 10.5 Å². The van der Waals surface area contributed by atoms with E-state index in [4.69, 9.17) is 11.5 Å². The Labute approximate surface area is 110 Å². The van der Waals surface area contributed by atoms with Crippen molar-refractivity contribution in [2.24, 2.45) is 0 Å². The third-order valence-electron chi connectivity index (χ3n) is 2.28. The molecule has 100 valence electrons. The van der Waals surface area contributed by atoms with Crippen molar-refractivity contribution >= 4 is 17.7 Å². The molecule has 1 rings (SSSR count). The van der Waals surface area contributed by atoms with Crippen LogP contribution in [0.3, 0.4) is 0 Å². The molecule has 0 unspecified atom stereocenters.